The third-order valence-corrected chi connectivity index (χ3v) is 3.83. The van der Waals surface area contributed by atoms with Gasteiger partial charge in [0.05, 0.1) is 17.6 Å². The smallest absolute Gasteiger partial charge is 0.0971 e. The average molecular weight is 271 g/mol. The highest BCUT2D eigenvalue weighted by atomic mass is 15.5. The predicted molar refractivity (Wildman–Crippen MR) is 78.7 cm³/mol. The van der Waals surface area contributed by atoms with Crippen LogP contribution in [0, 0.1) is 0 Å². The van der Waals surface area contributed by atoms with Crippen molar-refractivity contribution in [1.29, 1.82) is 0 Å². The van der Waals surface area contributed by atoms with Crippen molar-refractivity contribution in [2.75, 3.05) is 20.1 Å². The number of para-hydroxylation sites is 1. The number of nitrogens with zero attached hydrogens (tertiary/aromatic N) is 4. The van der Waals surface area contributed by atoms with Gasteiger partial charge in [-0.1, -0.05) is 18.2 Å². The van der Waals surface area contributed by atoms with Crippen molar-refractivity contribution in [3.05, 3.63) is 42.2 Å². The van der Waals surface area contributed by atoms with Crippen molar-refractivity contribution in [2.24, 2.45) is 0 Å². The summed E-state index contributed by atoms with van der Waals surface area (Å²) < 4.78 is 0. The molecule has 1 fully saturated rings. The van der Waals surface area contributed by atoms with Crippen molar-refractivity contribution >= 4 is 0 Å². The zero-order chi connectivity index (χ0) is 13.8. The van der Waals surface area contributed by atoms with E-state index in [-0.39, 0.29) is 0 Å². The summed E-state index contributed by atoms with van der Waals surface area (Å²) in [6, 6.07) is 10.7. The van der Waals surface area contributed by atoms with Crippen LogP contribution in [0.5, 0.6) is 0 Å². The summed E-state index contributed by atoms with van der Waals surface area (Å²) in [5.74, 6) is 0. The minimum atomic E-state index is 0.627. The summed E-state index contributed by atoms with van der Waals surface area (Å²) in [7, 11) is 2.02. The molecular weight excluding hydrogens is 250 g/mol. The van der Waals surface area contributed by atoms with E-state index in [9.17, 15) is 0 Å². The van der Waals surface area contributed by atoms with Crippen LogP contribution in [-0.4, -0.2) is 46.1 Å². The zero-order valence-corrected chi connectivity index (χ0v) is 11.9. The molecule has 5 nitrogen and oxygen atoms in total. The molecule has 0 aliphatic carbocycles. The zero-order valence-electron chi connectivity index (χ0n) is 11.9. The minimum Gasteiger partial charge on any atom is -0.318 e. The molecule has 1 atom stereocenters. The van der Waals surface area contributed by atoms with Crippen LogP contribution in [0.4, 0.5) is 0 Å². The Morgan fingerprint density at radius 3 is 2.95 bits per heavy atom. The second-order valence-electron chi connectivity index (χ2n) is 5.29. The first-order valence-electron chi connectivity index (χ1n) is 7.22. The van der Waals surface area contributed by atoms with E-state index in [0.29, 0.717) is 6.04 Å². The maximum atomic E-state index is 4.58. The molecule has 1 aromatic heterocycles. The minimum absolute atomic E-state index is 0.627. The lowest BCUT2D eigenvalue weighted by atomic mass is 10.2. The molecule has 0 radical (unpaired) electrons. The van der Waals surface area contributed by atoms with E-state index in [0.717, 1.165) is 31.0 Å². The normalized spacial score (nSPS) is 19.6. The molecule has 0 saturated carbocycles. The Hall–Kier alpha value is -1.72. The average Bonchev–Trinajstić information content (AvgIpc) is 3.11. The molecule has 1 aromatic carbocycles. The first-order chi connectivity index (χ1) is 9.86. The topological polar surface area (TPSA) is 46.0 Å². The summed E-state index contributed by atoms with van der Waals surface area (Å²) in [5, 5.41) is 12.2. The Kier molecular flexibility index (Phi) is 4.08. The van der Waals surface area contributed by atoms with Crippen LogP contribution >= 0.6 is 0 Å². The summed E-state index contributed by atoms with van der Waals surface area (Å²) in [6.07, 6.45) is 4.43. The molecule has 0 bridgehead atoms. The summed E-state index contributed by atoms with van der Waals surface area (Å²) in [4.78, 5) is 4.20. The van der Waals surface area contributed by atoms with E-state index in [1.807, 2.05) is 43.6 Å². The van der Waals surface area contributed by atoms with Crippen LogP contribution in [0.25, 0.3) is 5.69 Å². The van der Waals surface area contributed by atoms with E-state index in [2.05, 4.69) is 20.4 Å². The lowest BCUT2D eigenvalue weighted by Gasteiger charge is -2.22. The fraction of sp³-hybridized carbons (Fsp3) is 0.467. The molecule has 1 saturated heterocycles. The molecule has 2 heterocycles. The Balaban J connectivity index is 1.68. The van der Waals surface area contributed by atoms with Crippen molar-refractivity contribution < 1.29 is 0 Å². The number of aromatic nitrogens is 3. The fourth-order valence-corrected chi connectivity index (χ4v) is 2.83. The number of nitrogens with one attached hydrogen (secondary N) is 1. The Morgan fingerprint density at radius 2 is 2.15 bits per heavy atom. The van der Waals surface area contributed by atoms with Gasteiger partial charge in [-0.05, 0) is 38.6 Å². The predicted octanol–water partition coefficient (Wildman–Crippen LogP) is 1.45. The number of benzene rings is 1. The third kappa shape index (κ3) is 2.89. The Labute approximate surface area is 119 Å². The molecule has 3 rings (SSSR count). The standard InChI is InChI=1S/C15H21N5/c1-16-11-15-8-5-9-19(15)12-13-10-17-20(18-13)14-6-3-2-4-7-14/h2-4,6-7,10,15-16H,5,8-9,11-12H2,1H3. The van der Waals surface area contributed by atoms with E-state index >= 15 is 0 Å². The van der Waals surface area contributed by atoms with Crippen LogP contribution in [0.15, 0.2) is 36.5 Å². The van der Waals surface area contributed by atoms with Gasteiger partial charge in [-0.15, -0.1) is 0 Å². The first-order valence-corrected chi connectivity index (χ1v) is 7.22. The van der Waals surface area contributed by atoms with E-state index in [1.54, 1.807) is 4.80 Å². The SMILES string of the molecule is CNCC1CCCN1Cc1cnn(-c2ccccc2)n1. The molecule has 106 valence electrons. The van der Waals surface area contributed by atoms with Crippen molar-refractivity contribution in [3.63, 3.8) is 0 Å². The van der Waals surface area contributed by atoms with Gasteiger partial charge < -0.3 is 5.32 Å². The van der Waals surface area contributed by atoms with Crippen LogP contribution in [0.1, 0.15) is 18.5 Å². The van der Waals surface area contributed by atoms with Gasteiger partial charge in [0.25, 0.3) is 0 Å². The van der Waals surface area contributed by atoms with Gasteiger partial charge in [0.2, 0.25) is 0 Å². The molecule has 5 heteroatoms. The van der Waals surface area contributed by atoms with Crippen LogP contribution in [0.3, 0.4) is 0 Å². The maximum absolute atomic E-state index is 4.58. The fourth-order valence-electron chi connectivity index (χ4n) is 2.83. The summed E-state index contributed by atoms with van der Waals surface area (Å²) in [6.45, 7) is 3.09. The molecule has 0 spiro atoms. The van der Waals surface area contributed by atoms with Crippen LogP contribution in [-0.2, 0) is 6.54 Å². The highest BCUT2D eigenvalue weighted by Crippen LogP contribution is 2.18. The highest BCUT2D eigenvalue weighted by Gasteiger charge is 2.24. The molecular formula is C15H21N5. The molecule has 0 amide bonds. The Morgan fingerprint density at radius 1 is 1.30 bits per heavy atom. The van der Waals surface area contributed by atoms with Crippen LogP contribution in [0.2, 0.25) is 0 Å². The van der Waals surface area contributed by atoms with Gasteiger partial charge in [-0.25, -0.2) is 0 Å². The van der Waals surface area contributed by atoms with E-state index < -0.39 is 0 Å². The first kappa shape index (κ1) is 13.3. The van der Waals surface area contributed by atoms with Crippen molar-refractivity contribution in [3.8, 4) is 5.69 Å². The molecule has 2 aromatic rings. The van der Waals surface area contributed by atoms with Gasteiger partial charge in [0.1, 0.15) is 0 Å². The van der Waals surface area contributed by atoms with Gasteiger partial charge in [-0.3, -0.25) is 4.90 Å². The lowest BCUT2D eigenvalue weighted by Crippen LogP contribution is -2.36. The molecule has 20 heavy (non-hydrogen) atoms. The van der Waals surface area contributed by atoms with Crippen LogP contribution < -0.4 is 5.32 Å². The number of likely N-dealkylation sites (tertiary alicyclic amines) is 1. The van der Waals surface area contributed by atoms with Gasteiger partial charge in [-0.2, -0.15) is 15.0 Å². The van der Waals surface area contributed by atoms with E-state index in [1.165, 1.54) is 12.8 Å². The Bertz CT molecular complexity index is 536. The number of rotatable bonds is 5. The largest absolute Gasteiger partial charge is 0.318 e. The van der Waals surface area contributed by atoms with Crippen molar-refractivity contribution in [2.45, 2.75) is 25.4 Å². The monoisotopic (exact) mass is 271 g/mol. The second kappa shape index (κ2) is 6.15. The maximum Gasteiger partial charge on any atom is 0.0971 e. The van der Waals surface area contributed by atoms with Gasteiger partial charge >= 0.3 is 0 Å². The van der Waals surface area contributed by atoms with Crippen molar-refractivity contribution in [1.82, 2.24) is 25.2 Å². The quantitative estimate of drug-likeness (QED) is 0.894. The summed E-state index contributed by atoms with van der Waals surface area (Å²) in [5.41, 5.74) is 2.05. The molecule has 1 unspecified atom stereocenters. The second-order valence-corrected chi connectivity index (χ2v) is 5.29. The summed E-state index contributed by atoms with van der Waals surface area (Å²) >= 11 is 0. The van der Waals surface area contributed by atoms with E-state index in [4.69, 9.17) is 0 Å². The number of hydrogen-bond acceptors (Lipinski definition) is 4. The third-order valence-electron chi connectivity index (χ3n) is 3.83. The van der Waals surface area contributed by atoms with Gasteiger partial charge in [0, 0.05) is 19.1 Å². The number of hydrogen-bond donors (Lipinski definition) is 1. The molecule has 1 aliphatic rings. The lowest BCUT2D eigenvalue weighted by molar-refractivity contribution is 0.239. The number of likely N-dealkylation sites (N-methyl/N-ethyl adjacent to an activating group) is 1. The molecule has 1 aliphatic heterocycles. The van der Waals surface area contributed by atoms with Gasteiger partial charge in [0.15, 0.2) is 0 Å². The molecule has 1 N–H and O–H groups in total. The highest BCUT2D eigenvalue weighted by molar-refractivity contribution is 5.28.